The molecule has 5 heteroatoms. The summed E-state index contributed by atoms with van der Waals surface area (Å²) in [6.07, 6.45) is 0. The number of benzene rings is 3. The van der Waals surface area contributed by atoms with Crippen molar-refractivity contribution in [3.8, 4) is 11.5 Å². The quantitative estimate of drug-likeness (QED) is 0.550. The van der Waals surface area contributed by atoms with E-state index in [1.54, 1.807) is 6.07 Å². The third kappa shape index (κ3) is 4.65. The maximum Gasteiger partial charge on any atom is 0.262 e. The van der Waals surface area contributed by atoms with Gasteiger partial charge >= 0.3 is 0 Å². The third-order valence-electron chi connectivity index (χ3n) is 4.67. The summed E-state index contributed by atoms with van der Waals surface area (Å²) in [5.74, 6) is 0.162. The molecule has 0 aliphatic rings. The lowest BCUT2D eigenvalue weighted by Crippen LogP contribution is -2.20. The van der Waals surface area contributed by atoms with Crippen LogP contribution in [0.1, 0.15) is 25.0 Å². The van der Waals surface area contributed by atoms with Crippen molar-refractivity contribution in [2.75, 3.05) is 11.9 Å². The molecule has 0 saturated carbocycles. The van der Waals surface area contributed by atoms with Crippen molar-refractivity contribution in [1.29, 1.82) is 0 Å². The van der Waals surface area contributed by atoms with E-state index in [2.05, 4.69) is 31.3 Å². The number of nitrogens with one attached hydrogen (secondary N) is 1. The van der Waals surface area contributed by atoms with Crippen molar-refractivity contribution < 1.29 is 14.6 Å². The van der Waals surface area contributed by atoms with Crippen molar-refractivity contribution >= 4 is 23.2 Å². The molecular weight excluding hydrogens is 374 g/mol. The van der Waals surface area contributed by atoms with Crippen LogP contribution in [0.15, 0.2) is 72.8 Å². The molecule has 0 heterocycles. The Kier molecular flexibility index (Phi) is 5.90. The fourth-order valence-electron chi connectivity index (χ4n) is 2.93. The molecule has 0 aliphatic carbocycles. The van der Waals surface area contributed by atoms with E-state index in [1.807, 2.05) is 42.5 Å². The molecule has 0 radical (unpaired) electrons. The summed E-state index contributed by atoms with van der Waals surface area (Å²) in [5.41, 5.74) is 2.49. The zero-order valence-corrected chi connectivity index (χ0v) is 16.5. The van der Waals surface area contributed by atoms with Gasteiger partial charge in [-0.25, -0.2) is 0 Å². The first-order valence-electron chi connectivity index (χ1n) is 8.93. The molecule has 3 aromatic carbocycles. The standard InChI is InChI=1S/C23H22ClNO3/c1-23(2,16-6-4-3-5-7-16)17-8-11-19(12-9-17)28-15-22(27)25-20-14-18(24)10-13-21(20)26/h3-14,26H,15H2,1-2H3,(H,25,27). The first-order chi connectivity index (χ1) is 13.4. The van der Waals surface area contributed by atoms with Gasteiger partial charge in [-0.3, -0.25) is 4.79 Å². The average molecular weight is 396 g/mol. The summed E-state index contributed by atoms with van der Waals surface area (Å²) in [6, 6.07) is 22.4. The third-order valence-corrected chi connectivity index (χ3v) is 4.91. The topological polar surface area (TPSA) is 58.6 Å². The van der Waals surface area contributed by atoms with E-state index in [4.69, 9.17) is 16.3 Å². The van der Waals surface area contributed by atoms with Crippen molar-refractivity contribution in [3.05, 3.63) is 88.9 Å². The van der Waals surface area contributed by atoms with Crippen LogP contribution >= 0.6 is 11.6 Å². The van der Waals surface area contributed by atoms with E-state index in [-0.39, 0.29) is 29.4 Å². The molecule has 0 unspecified atom stereocenters. The van der Waals surface area contributed by atoms with E-state index >= 15 is 0 Å². The first kappa shape index (κ1) is 19.8. The average Bonchev–Trinajstić information content (AvgIpc) is 2.70. The Morgan fingerprint density at radius 1 is 1.00 bits per heavy atom. The molecule has 3 rings (SSSR count). The van der Waals surface area contributed by atoms with Crippen molar-refractivity contribution in [2.24, 2.45) is 0 Å². The largest absolute Gasteiger partial charge is 0.506 e. The minimum Gasteiger partial charge on any atom is -0.506 e. The zero-order valence-electron chi connectivity index (χ0n) is 15.8. The number of aromatic hydroxyl groups is 1. The summed E-state index contributed by atoms with van der Waals surface area (Å²) in [5, 5.41) is 12.8. The fraction of sp³-hybridized carbons (Fsp3) is 0.174. The Balaban J connectivity index is 1.61. The van der Waals surface area contributed by atoms with Gasteiger partial charge in [0.05, 0.1) is 5.69 Å². The minimum absolute atomic E-state index is 0.0507. The molecule has 0 spiro atoms. The van der Waals surface area contributed by atoms with Gasteiger partial charge in [-0.15, -0.1) is 0 Å². The maximum atomic E-state index is 12.1. The number of rotatable bonds is 6. The van der Waals surface area contributed by atoms with Gasteiger partial charge in [0.15, 0.2) is 6.61 Å². The Bertz CT molecular complexity index is 953. The van der Waals surface area contributed by atoms with Gasteiger partial charge in [0.1, 0.15) is 11.5 Å². The second kappa shape index (κ2) is 8.36. The SMILES string of the molecule is CC(C)(c1ccccc1)c1ccc(OCC(=O)Nc2cc(Cl)ccc2O)cc1. The highest BCUT2D eigenvalue weighted by Gasteiger charge is 2.22. The van der Waals surface area contributed by atoms with Crippen LogP contribution in [0.5, 0.6) is 11.5 Å². The number of halogens is 1. The molecule has 3 aromatic rings. The van der Waals surface area contributed by atoms with Crippen LogP contribution in [0.25, 0.3) is 0 Å². The second-order valence-corrected chi connectivity index (χ2v) is 7.45. The van der Waals surface area contributed by atoms with Gasteiger partial charge in [-0.05, 0) is 41.5 Å². The normalized spacial score (nSPS) is 11.1. The van der Waals surface area contributed by atoms with E-state index in [0.29, 0.717) is 10.8 Å². The Morgan fingerprint density at radius 3 is 2.32 bits per heavy atom. The highest BCUT2D eigenvalue weighted by molar-refractivity contribution is 6.31. The van der Waals surface area contributed by atoms with Crippen LogP contribution < -0.4 is 10.1 Å². The zero-order chi connectivity index (χ0) is 20.1. The lowest BCUT2D eigenvalue weighted by molar-refractivity contribution is -0.118. The van der Waals surface area contributed by atoms with Gasteiger partial charge in [0.25, 0.3) is 5.91 Å². The molecule has 4 nitrogen and oxygen atoms in total. The number of carbonyl (C=O) groups is 1. The molecule has 0 aliphatic heterocycles. The maximum absolute atomic E-state index is 12.1. The monoisotopic (exact) mass is 395 g/mol. The fourth-order valence-corrected chi connectivity index (χ4v) is 3.10. The Hall–Kier alpha value is -2.98. The van der Waals surface area contributed by atoms with Gasteiger partial charge in [0, 0.05) is 10.4 Å². The van der Waals surface area contributed by atoms with Gasteiger partial charge in [0.2, 0.25) is 0 Å². The number of amides is 1. The Labute approximate surface area is 169 Å². The van der Waals surface area contributed by atoms with E-state index in [1.165, 1.54) is 17.7 Å². The molecule has 144 valence electrons. The number of carbonyl (C=O) groups excluding carboxylic acids is 1. The highest BCUT2D eigenvalue weighted by atomic mass is 35.5. The lowest BCUT2D eigenvalue weighted by Gasteiger charge is -2.26. The van der Waals surface area contributed by atoms with Crippen LogP contribution in [0.4, 0.5) is 5.69 Å². The summed E-state index contributed by atoms with van der Waals surface area (Å²) in [4.78, 5) is 12.1. The predicted octanol–water partition coefficient (Wildman–Crippen LogP) is 5.39. The second-order valence-electron chi connectivity index (χ2n) is 7.01. The molecule has 0 fully saturated rings. The summed E-state index contributed by atoms with van der Waals surface area (Å²) < 4.78 is 5.56. The van der Waals surface area contributed by atoms with E-state index < -0.39 is 0 Å². The van der Waals surface area contributed by atoms with Gasteiger partial charge in [-0.2, -0.15) is 0 Å². The Morgan fingerprint density at radius 2 is 1.64 bits per heavy atom. The highest BCUT2D eigenvalue weighted by Crippen LogP contribution is 2.32. The van der Waals surface area contributed by atoms with Crippen LogP contribution in [-0.4, -0.2) is 17.6 Å². The number of phenols is 1. The molecular formula is C23H22ClNO3. The molecule has 0 saturated heterocycles. The molecule has 2 N–H and O–H groups in total. The summed E-state index contributed by atoms with van der Waals surface area (Å²) in [7, 11) is 0. The number of anilines is 1. The molecule has 28 heavy (non-hydrogen) atoms. The van der Waals surface area contributed by atoms with Gasteiger partial charge < -0.3 is 15.2 Å². The molecule has 0 atom stereocenters. The van der Waals surface area contributed by atoms with Crippen LogP contribution in [0.2, 0.25) is 5.02 Å². The van der Waals surface area contributed by atoms with Crippen molar-refractivity contribution in [2.45, 2.75) is 19.3 Å². The lowest BCUT2D eigenvalue weighted by atomic mass is 9.78. The van der Waals surface area contributed by atoms with Crippen LogP contribution in [-0.2, 0) is 10.2 Å². The number of phenolic OH excluding ortho intramolecular Hbond substituents is 1. The van der Waals surface area contributed by atoms with Crippen molar-refractivity contribution in [1.82, 2.24) is 0 Å². The number of hydrogen-bond acceptors (Lipinski definition) is 3. The molecule has 0 aromatic heterocycles. The van der Waals surface area contributed by atoms with Crippen LogP contribution in [0.3, 0.4) is 0 Å². The molecule has 1 amide bonds. The van der Waals surface area contributed by atoms with E-state index in [9.17, 15) is 9.90 Å². The van der Waals surface area contributed by atoms with Gasteiger partial charge in [-0.1, -0.05) is 67.9 Å². The molecule has 0 bridgehead atoms. The summed E-state index contributed by atoms with van der Waals surface area (Å²) in [6.45, 7) is 4.17. The van der Waals surface area contributed by atoms with Crippen LogP contribution in [0, 0.1) is 0 Å². The smallest absolute Gasteiger partial charge is 0.262 e. The first-order valence-corrected chi connectivity index (χ1v) is 9.31. The minimum atomic E-state index is -0.383. The number of hydrogen-bond donors (Lipinski definition) is 2. The predicted molar refractivity (Wildman–Crippen MR) is 112 cm³/mol. The number of ether oxygens (including phenoxy) is 1. The summed E-state index contributed by atoms with van der Waals surface area (Å²) >= 11 is 5.88. The van der Waals surface area contributed by atoms with Crippen molar-refractivity contribution in [3.63, 3.8) is 0 Å². The van der Waals surface area contributed by atoms with E-state index in [0.717, 1.165) is 5.56 Å².